The van der Waals surface area contributed by atoms with E-state index in [1.165, 1.54) is 5.39 Å². The lowest BCUT2D eigenvalue weighted by molar-refractivity contribution is 0.669. The molecule has 0 aliphatic rings. The maximum Gasteiger partial charge on any atom is 0.161 e. The third kappa shape index (κ3) is 4.05. The van der Waals surface area contributed by atoms with Crippen molar-refractivity contribution >= 4 is 32.7 Å². The summed E-state index contributed by atoms with van der Waals surface area (Å²) >= 11 is 0. The van der Waals surface area contributed by atoms with Crippen LogP contribution in [-0.2, 0) is 0 Å². The van der Waals surface area contributed by atoms with E-state index in [4.69, 9.17) is 14.4 Å². The summed E-state index contributed by atoms with van der Waals surface area (Å²) in [6, 6.07) is 43.6. The molecule has 8 aromatic rings. The number of fused-ring (bicyclic) bond motifs is 4. The molecule has 41 heavy (non-hydrogen) atoms. The van der Waals surface area contributed by atoms with E-state index in [1.54, 1.807) is 6.20 Å². The van der Waals surface area contributed by atoms with Crippen LogP contribution in [0.3, 0.4) is 0 Å². The Labute approximate surface area is 236 Å². The van der Waals surface area contributed by atoms with Crippen LogP contribution in [0.15, 0.2) is 144 Å². The van der Waals surface area contributed by atoms with Gasteiger partial charge in [0, 0.05) is 45.4 Å². The minimum atomic E-state index is 0.669. The first-order valence-electron chi connectivity index (χ1n) is 13.6. The molecule has 0 fully saturated rings. The Kier molecular flexibility index (Phi) is 5.42. The van der Waals surface area contributed by atoms with Crippen LogP contribution in [0.2, 0.25) is 0 Å². The van der Waals surface area contributed by atoms with E-state index >= 15 is 0 Å². The molecule has 0 atom stereocenters. The maximum atomic E-state index is 6.10. The normalized spacial score (nSPS) is 11.4. The largest absolute Gasteiger partial charge is 0.456 e. The van der Waals surface area contributed by atoms with Crippen molar-refractivity contribution in [2.24, 2.45) is 0 Å². The Hall–Kier alpha value is -5.61. The monoisotopic (exact) mass is 525 g/mol. The zero-order valence-corrected chi connectivity index (χ0v) is 22.0. The first kappa shape index (κ1) is 23.3. The molecule has 3 heterocycles. The van der Waals surface area contributed by atoms with Gasteiger partial charge in [-0.3, -0.25) is 4.98 Å². The van der Waals surface area contributed by atoms with Crippen molar-refractivity contribution in [2.45, 2.75) is 0 Å². The van der Waals surface area contributed by atoms with Crippen molar-refractivity contribution in [2.75, 3.05) is 0 Å². The molecule has 192 valence electrons. The lowest BCUT2D eigenvalue weighted by Gasteiger charge is -2.13. The fourth-order valence-corrected chi connectivity index (χ4v) is 5.64. The average molecular weight is 526 g/mol. The summed E-state index contributed by atoms with van der Waals surface area (Å²) in [5.74, 6) is 0.669. The maximum absolute atomic E-state index is 6.10. The van der Waals surface area contributed by atoms with E-state index in [9.17, 15) is 0 Å². The molecule has 4 nitrogen and oxygen atoms in total. The van der Waals surface area contributed by atoms with Gasteiger partial charge in [-0.2, -0.15) is 0 Å². The number of nitrogens with zero attached hydrogens (tertiary/aromatic N) is 3. The van der Waals surface area contributed by atoms with Gasteiger partial charge < -0.3 is 4.42 Å². The van der Waals surface area contributed by atoms with Crippen LogP contribution in [0.5, 0.6) is 0 Å². The predicted octanol–water partition coefficient (Wildman–Crippen LogP) is 9.59. The van der Waals surface area contributed by atoms with Gasteiger partial charge in [-0.25, -0.2) is 9.97 Å². The fourth-order valence-electron chi connectivity index (χ4n) is 5.64. The molecule has 3 aromatic heterocycles. The average Bonchev–Trinajstić information content (AvgIpc) is 3.43. The van der Waals surface area contributed by atoms with Crippen LogP contribution < -0.4 is 0 Å². The number of pyridine rings is 1. The molecule has 0 amide bonds. The second kappa shape index (κ2) is 9.54. The van der Waals surface area contributed by atoms with E-state index in [-0.39, 0.29) is 0 Å². The highest BCUT2D eigenvalue weighted by Gasteiger charge is 2.16. The number of rotatable bonds is 4. The van der Waals surface area contributed by atoms with Crippen molar-refractivity contribution < 1.29 is 4.42 Å². The topological polar surface area (TPSA) is 51.8 Å². The standard InChI is InChI=1S/C37H23N3O/c1-2-12-27-24(9-1)10-7-16-29(27)34-22-33(25-18-19-36-32(21-25)30-14-5-6-17-35(30)41-36)39-37(40-34)31-15-4-3-13-28(31)26-11-8-20-38-23-26/h1-23H. The number of hydrogen-bond donors (Lipinski definition) is 0. The number of para-hydroxylation sites is 1. The van der Waals surface area contributed by atoms with Gasteiger partial charge >= 0.3 is 0 Å². The zero-order valence-electron chi connectivity index (χ0n) is 22.0. The van der Waals surface area contributed by atoms with Crippen LogP contribution in [0.4, 0.5) is 0 Å². The molecule has 0 saturated heterocycles. The van der Waals surface area contributed by atoms with Gasteiger partial charge in [0.1, 0.15) is 11.2 Å². The Morgan fingerprint density at radius 1 is 0.463 bits per heavy atom. The Bertz CT molecular complexity index is 2210. The van der Waals surface area contributed by atoms with Crippen molar-refractivity contribution in [3.63, 3.8) is 0 Å². The second-order valence-corrected chi connectivity index (χ2v) is 10.1. The molecule has 0 spiro atoms. The lowest BCUT2D eigenvalue weighted by atomic mass is 9.98. The fraction of sp³-hybridized carbons (Fsp3) is 0. The number of benzene rings is 5. The summed E-state index contributed by atoms with van der Waals surface area (Å²) in [4.78, 5) is 14.7. The highest BCUT2D eigenvalue weighted by atomic mass is 16.3. The van der Waals surface area contributed by atoms with E-state index in [2.05, 4.69) is 89.9 Å². The van der Waals surface area contributed by atoms with Gasteiger partial charge in [0.15, 0.2) is 5.82 Å². The number of hydrogen-bond acceptors (Lipinski definition) is 4. The summed E-state index contributed by atoms with van der Waals surface area (Å²) in [5.41, 5.74) is 8.57. The van der Waals surface area contributed by atoms with Crippen LogP contribution in [0, 0.1) is 0 Å². The quantitative estimate of drug-likeness (QED) is 0.230. The van der Waals surface area contributed by atoms with Crippen LogP contribution in [0.1, 0.15) is 0 Å². The van der Waals surface area contributed by atoms with E-state index in [0.717, 1.165) is 66.5 Å². The minimum absolute atomic E-state index is 0.669. The second-order valence-electron chi connectivity index (χ2n) is 10.1. The third-order valence-electron chi connectivity index (χ3n) is 7.60. The van der Waals surface area contributed by atoms with Gasteiger partial charge in [0.25, 0.3) is 0 Å². The molecule has 0 bridgehead atoms. The van der Waals surface area contributed by atoms with Gasteiger partial charge in [0.05, 0.1) is 11.4 Å². The first-order chi connectivity index (χ1) is 20.3. The summed E-state index contributed by atoms with van der Waals surface area (Å²) < 4.78 is 6.10. The Morgan fingerprint density at radius 3 is 2.10 bits per heavy atom. The van der Waals surface area contributed by atoms with Crippen molar-refractivity contribution in [3.05, 3.63) is 140 Å². The van der Waals surface area contributed by atoms with Gasteiger partial charge in [0.2, 0.25) is 0 Å². The van der Waals surface area contributed by atoms with E-state index in [1.807, 2.05) is 48.7 Å². The molecule has 0 unspecified atom stereocenters. The Balaban J connectivity index is 1.39. The minimum Gasteiger partial charge on any atom is -0.456 e. The van der Waals surface area contributed by atoms with Crippen molar-refractivity contribution in [1.29, 1.82) is 0 Å². The third-order valence-corrected chi connectivity index (χ3v) is 7.60. The molecule has 0 saturated carbocycles. The molecule has 0 aliphatic carbocycles. The van der Waals surface area contributed by atoms with Crippen LogP contribution in [0.25, 0.3) is 77.7 Å². The van der Waals surface area contributed by atoms with E-state index < -0.39 is 0 Å². The van der Waals surface area contributed by atoms with Crippen LogP contribution in [-0.4, -0.2) is 15.0 Å². The van der Waals surface area contributed by atoms with E-state index in [0.29, 0.717) is 5.82 Å². The molecular weight excluding hydrogens is 502 g/mol. The van der Waals surface area contributed by atoms with Crippen LogP contribution >= 0.6 is 0 Å². The molecular formula is C37H23N3O. The lowest BCUT2D eigenvalue weighted by Crippen LogP contribution is -1.98. The highest BCUT2D eigenvalue weighted by Crippen LogP contribution is 2.37. The SMILES string of the molecule is c1cncc(-c2ccccc2-c2nc(-c3ccc4oc5ccccc5c4c3)cc(-c3cccc4ccccc34)n2)c1. The summed E-state index contributed by atoms with van der Waals surface area (Å²) in [6.45, 7) is 0. The predicted molar refractivity (Wildman–Crippen MR) is 166 cm³/mol. The van der Waals surface area contributed by atoms with Crippen molar-refractivity contribution in [1.82, 2.24) is 15.0 Å². The molecule has 0 radical (unpaired) electrons. The molecule has 4 heteroatoms. The molecule has 0 N–H and O–H groups in total. The number of aromatic nitrogens is 3. The van der Waals surface area contributed by atoms with Gasteiger partial charge in [-0.1, -0.05) is 91.0 Å². The highest BCUT2D eigenvalue weighted by molar-refractivity contribution is 6.06. The zero-order chi connectivity index (χ0) is 27.2. The number of furan rings is 1. The summed E-state index contributed by atoms with van der Waals surface area (Å²) in [7, 11) is 0. The Morgan fingerprint density at radius 2 is 1.20 bits per heavy atom. The summed E-state index contributed by atoms with van der Waals surface area (Å²) in [5, 5.41) is 4.49. The van der Waals surface area contributed by atoms with Gasteiger partial charge in [-0.05, 0) is 52.7 Å². The first-order valence-corrected chi connectivity index (χ1v) is 13.6. The molecule has 5 aromatic carbocycles. The smallest absolute Gasteiger partial charge is 0.161 e. The van der Waals surface area contributed by atoms with Gasteiger partial charge in [-0.15, -0.1) is 0 Å². The van der Waals surface area contributed by atoms with Crippen molar-refractivity contribution in [3.8, 4) is 45.0 Å². The molecule has 8 rings (SSSR count). The molecule has 0 aliphatic heterocycles. The summed E-state index contributed by atoms with van der Waals surface area (Å²) in [6.07, 6.45) is 3.67.